The molecule has 0 aliphatic heterocycles. The summed E-state index contributed by atoms with van der Waals surface area (Å²) in [6.07, 6.45) is 4.01. The van der Waals surface area contributed by atoms with Gasteiger partial charge in [-0.25, -0.2) is 9.59 Å². The van der Waals surface area contributed by atoms with Crippen molar-refractivity contribution in [2.24, 2.45) is 0 Å². The second-order valence-corrected chi connectivity index (χ2v) is 3.31. The molecule has 0 radical (unpaired) electrons. The van der Waals surface area contributed by atoms with E-state index in [1.165, 1.54) is 17.2 Å². The fourth-order valence-corrected chi connectivity index (χ4v) is 1.10. The molecule has 0 aromatic heterocycles. The van der Waals surface area contributed by atoms with Gasteiger partial charge in [-0.05, 0) is 20.3 Å². The smallest absolute Gasteiger partial charge is 0.413 e. The van der Waals surface area contributed by atoms with E-state index >= 15 is 0 Å². The molecule has 0 rings (SSSR count). The average Bonchev–Trinajstić information content (AvgIpc) is 2.29. The standard InChI is InChI=1S/C12H21NO4/c1-4-7-9-13(12(15)17-6-3)10-8-11(14)16-5-2/h8,10H,4-7,9H2,1-3H3. The van der Waals surface area contributed by atoms with Crippen LogP contribution >= 0.6 is 0 Å². The van der Waals surface area contributed by atoms with E-state index in [0.29, 0.717) is 19.8 Å². The quantitative estimate of drug-likeness (QED) is 0.508. The number of nitrogens with zero attached hydrogens (tertiary/aromatic N) is 1. The van der Waals surface area contributed by atoms with E-state index in [-0.39, 0.29) is 0 Å². The van der Waals surface area contributed by atoms with E-state index in [9.17, 15) is 9.59 Å². The Kier molecular flexibility index (Phi) is 8.82. The van der Waals surface area contributed by atoms with Gasteiger partial charge in [-0.3, -0.25) is 4.90 Å². The van der Waals surface area contributed by atoms with Crippen LogP contribution in [-0.4, -0.2) is 36.7 Å². The van der Waals surface area contributed by atoms with Crippen molar-refractivity contribution < 1.29 is 19.1 Å². The topological polar surface area (TPSA) is 55.8 Å². The molecule has 0 aromatic rings. The highest BCUT2D eigenvalue weighted by Crippen LogP contribution is 2.00. The summed E-state index contributed by atoms with van der Waals surface area (Å²) in [5.74, 6) is -0.460. The monoisotopic (exact) mass is 243 g/mol. The molecule has 17 heavy (non-hydrogen) atoms. The summed E-state index contributed by atoms with van der Waals surface area (Å²) in [6.45, 7) is 6.66. The van der Waals surface area contributed by atoms with Gasteiger partial charge in [0.1, 0.15) is 0 Å². The molecule has 0 bridgehead atoms. The molecule has 98 valence electrons. The highest BCUT2D eigenvalue weighted by molar-refractivity contribution is 5.82. The second-order valence-electron chi connectivity index (χ2n) is 3.31. The lowest BCUT2D eigenvalue weighted by molar-refractivity contribution is -0.137. The van der Waals surface area contributed by atoms with Crippen LogP contribution in [0.3, 0.4) is 0 Å². The number of rotatable bonds is 7. The van der Waals surface area contributed by atoms with E-state index in [1.807, 2.05) is 6.92 Å². The molecular formula is C12H21NO4. The summed E-state index contributed by atoms with van der Waals surface area (Å²) < 4.78 is 9.61. The molecule has 0 unspecified atom stereocenters. The lowest BCUT2D eigenvalue weighted by Crippen LogP contribution is -2.27. The molecule has 0 spiro atoms. The van der Waals surface area contributed by atoms with Crippen molar-refractivity contribution in [1.29, 1.82) is 0 Å². The van der Waals surface area contributed by atoms with Crippen molar-refractivity contribution in [2.45, 2.75) is 33.6 Å². The number of unbranched alkanes of at least 4 members (excludes halogenated alkanes) is 1. The summed E-state index contributed by atoms with van der Waals surface area (Å²) in [4.78, 5) is 24.0. The number of carbonyl (C=O) groups is 2. The number of carbonyl (C=O) groups excluding carboxylic acids is 2. The molecule has 0 saturated heterocycles. The van der Waals surface area contributed by atoms with E-state index in [2.05, 4.69) is 0 Å². The molecule has 0 fully saturated rings. The van der Waals surface area contributed by atoms with Crippen LogP contribution in [0.4, 0.5) is 4.79 Å². The Morgan fingerprint density at radius 1 is 1.12 bits per heavy atom. The predicted molar refractivity (Wildman–Crippen MR) is 64.4 cm³/mol. The van der Waals surface area contributed by atoms with Crippen LogP contribution in [0.5, 0.6) is 0 Å². The van der Waals surface area contributed by atoms with E-state index < -0.39 is 12.1 Å². The first kappa shape index (κ1) is 15.5. The largest absolute Gasteiger partial charge is 0.463 e. The summed E-state index contributed by atoms with van der Waals surface area (Å²) in [5.41, 5.74) is 0. The molecule has 0 aliphatic carbocycles. The van der Waals surface area contributed by atoms with Gasteiger partial charge in [0, 0.05) is 18.8 Å². The minimum Gasteiger partial charge on any atom is -0.463 e. The van der Waals surface area contributed by atoms with Crippen molar-refractivity contribution in [3.05, 3.63) is 12.3 Å². The molecule has 0 aliphatic rings. The Labute approximate surface area is 102 Å². The Balaban J connectivity index is 4.36. The first-order chi connectivity index (χ1) is 8.15. The minimum absolute atomic E-state index is 0.314. The fraction of sp³-hybridized carbons (Fsp3) is 0.667. The van der Waals surface area contributed by atoms with Crippen LogP contribution in [0, 0.1) is 0 Å². The maximum Gasteiger partial charge on any atom is 0.413 e. The summed E-state index contributed by atoms with van der Waals surface area (Å²) in [7, 11) is 0. The second kappa shape index (κ2) is 9.69. The van der Waals surface area contributed by atoms with Gasteiger partial charge >= 0.3 is 12.1 Å². The zero-order valence-corrected chi connectivity index (χ0v) is 10.8. The molecule has 5 heteroatoms. The molecule has 0 saturated carbocycles. The molecule has 0 N–H and O–H groups in total. The van der Waals surface area contributed by atoms with Gasteiger partial charge in [-0.1, -0.05) is 13.3 Å². The highest BCUT2D eigenvalue weighted by Gasteiger charge is 2.11. The average molecular weight is 243 g/mol. The van der Waals surface area contributed by atoms with Crippen LogP contribution < -0.4 is 0 Å². The summed E-state index contributed by atoms with van der Waals surface area (Å²) >= 11 is 0. The van der Waals surface area contributed by atoms with Crippen LogP contribution in [0.2, 0.25) is 0 Å². The van der Waals surface area contributed by atoms with Crippen molar-refractivity contribution in [3.63, 3.8) is 0 Å². The van der Waals surface area contributed by atoms with Crippen molar-refractivity contribution >= 4 is 12.1 Å². The molecule has 0 atom stereocenters. The van der Waals surface area contributed by atoms with Crippen LogP contribution in [0.25, 0.3) is 0 Å². The van der Waals surface area contributed by atoms with Gasteiger partial charge in [0.05, 0.1) is 13.2 Å². The van der Waals surface area contributed by atoms with E-state index in [0.717, 1.165) is 12.8 Å². The third kappa shape index (κ3) is 7.38. The predicted octanol–water partition coefficient (Wildman–Crippen LogP) is 2.32. The first-order valence-electron chi connectivity index (χ1n) is 5.94. The number of hydrogen-bond acceptors (Lipinski definition) is 4. The van der Waals surface area contributed by atoms with Gasteiger partial charge in [0.25, 0.3) is 0 Å². The Morgan fingerprint density at radius 3 is 2.29 bits per heavy atom. The van der Waals surface area contributed by atoms with Gasteiger partial charge in [-0.15, -0.1) is 0 Å². The number of esters is 1. The van der Waals surface area contributed by atoms with Gasteiger partial charge in [0.15, 0.2) is 0 Å². The third-order valence-corrected chi connectivity index (χ3v) is 1.93. The Hall–Kier alpha value is -1.52. The zero-order valence-electron chi connectivity index (χ0n) is 10.8. The molecular weight excluding hydrogens is 222 g/mol. The maximum absolute atomic E-state index is 11.5. The summed E-state index contributed by atoms with van der Waals surface area (Å²) in [5, 5.41) is 0. The maximum atomic E-state index is 11.5. The third-order valence-electron chi connectivity index (χ3n) is 1.93. The molecule has 0 aromatic carbocycles. The van der Waals surface area contributed by atoms with Gasteiger partial charge in [0.2, 0.25) is 0 Å². The van der Waals surface area contributed by atoms with E-state index in [1.54, 1.807) is 13.8 Å². The lowest BCUT2D eigenvalue weighted by Gasteiger charge is -2.16. The number of ether oxygens (including phenoxy) is 2. The molecule has 0 heterocycles. The minimum atomic E-state index is -0.460. The highest BCUT2D eigenvalue weighted by atomic mass is 16.6. The lowest BCUT2D eigenvalue weighted by atomic mass is 10.3. The Bertz CT molecular complexity index is 263. The van der Waals surface area contributed by atoms with Gasteiger partial charge < -0.3 is 9.47 Å². The SMILES string of the molecule is CCCCN(C=CC(=O)OCC)C(=O)OCC. The van der Waals surface area contributed by atoms with Crippen molar-refractivity contribution in [2.75, 3.05) is 19.8 Å². The normalized spacial score (nSPS) is 10.3. The Morgan fingerprint density at radius 2 is 1.76 bits per heavy atom. The van der Waals surface area contributed by atoms with Crippen molar-refractivity contribution in [1.82, 2.24) is 4.90 Å². The first-order valence-corrected chi connectivity index (χ1v) is 5.94. The van der Waals surface area contributed by atoms with Crippen LogP contribution in [0.1, 0.15) is 33.6 Å². The molecule has 1 amide bonds. The van der Waals surface area contributed by atoms with E-state index in [4.69, 9.17) is 9.47 Å². The molecule has 5 nitrogen and oxygen atoms in total. The van der Waals surface area contributed by atoms with Crippen molar-refractivity contribution in [3.8, 4) is 0 Å². The van der Waals surface area contributed by atoms with Gasteiger partial charge in [-0.2, -0.15) is 0 Å². The number of hydrogen-bond donors (Lipinski definition) is 0. The van der Waals surface area contributed by atoms with Crippen LogP contribution in [0.15, 0.2) is 12.3 Å². The van der Waals surface area contributed by atoms with Crippen LogP contribution in [-0.2, 0) is 14.3 Å². The summed E-state index contributed by atoms with van der Waals surface area (Å²) in [6, 6.07) is 0. The zero-order chi connectivity index (χ0) is 13.1. The fourth-order valence-electron chi connectivity index (χ4n) is 1.10. The number of amides is 1.